The standard InChI is InChI=1S/C25H26ClFIN5O5S/c1-13-22(38-19-9-5-8-18(21(19)26)32-39(36,37)29-2)20(24(34)30-15-6-4-7-15)23(33(3)25(13)35)31-17-11-10-14(28)12-16(17)27/h5,8-12,15,29,31-32H,4,6-7H2,1-3H3,(H,30,34). The van der Waals surface area contributed by atoms with E-state index in [2.05, 4.69) is 20.1 Å². The summed E-state index contributed by atoms with van der Waals surface area (Å²) in [4.78, 5) is 26.9. The fraction of sp³-hybridized carbons (Fsp3) is 0.280. The molecule has 10 nitrogen and oxygen atoms in total. The van der Waals surface area contributed by atoms with Crippen molar-refractivity contribution in [2.45, 2.75) is 32.2 Å². The van der Waals surface area contributed by atoms with Crippen molar-refractivity contribution in [1.29, 1.82) is 0 Å². The quantitative estimate of drug-likeness (QED) is 0.239. The summed E-state index contributed by atoms with van der Waals surface area (Å²) in [6.45, 7) is 1.49. The number of anilines is 3. The first-order valence-electron chi connectivity index (χ1n) is 11.9. The van der Waals surface area contributed by atoms with Crippen molar-refractivity contribution in [3.05, 3.63) is 72.3 Å². The van der Waals surface area contributed by atoms with Crippen LogP contribution in [0.25, 0.3) is 0 Å². The monoisotopic (exact) mass is 689 g/mol. The van der Waals surface area contributed by atoms with E-state index < -0.39 is 27.5 Å². The highest BCUT2D eigenvalue weighted by molar-refractivity contribution is 14.1. The summed E-state index contributed by atoms with van der Waals surface area (Å²) in [6, 6.07) is 8.85. The summed E-state index contributed by atoms with van der Waals surface area (Å²) in [5, 5.41) is 5.74. The lowest BCUT2D eigenvalue weighted by molar-refractivity contribution is 0.0914. The van der Waals surface area contributed by atoms with Gasteiger partial charge in [0.05, 0.1) is 16.9 Å². The maximum absolute atomic E-state index is 14.8. The first kappa shape index (κ1) is 29.1. The van der Waals surface area contributed by atoms with E-state index in [0.717, 1.165) is 19.3 Å². The molecule has 14 heteroatoms. The van der Waals surface area contributed by atoms with E-state index in [1.165, 1.54) is 55.9 Å². The number of rotatable bonds is 9. The minimum atomic E-state index is -3.89. The third kappa shape index (κ3) is 6.31. The molecule has 0 saturated heterocycles. The van der Waals surface area contributed by atoms with Crippen LogP contribution < -0.4 is 30.4 Å². The Kier molecular flexibility index (Phi) is 8.73. The summed E-state index contributed by atoms with van der Waals surface area (Å²) in [5.41, 5.74) is -0.357. The number of halogens is 3. The minimum absolute atomic E-state index is 0.00610. The van der Waals surface area contributed by atoms with Gasteiger partial charge in [-0.05, 0) is 79.1 Å². The number of nitrogens with one attached hydrogen (secondary N) is 4. The van der Waals surface area contributed by atoms with Gasteiger partial charge in [0.15, 0.2) is 5.75 Å². The summed E-state index contributed by atoms with van der Waals surface area (Å²) in [7, 11) is -1.19. The van der Waals surface area contributed by atoms with Gasteiger partial charge >= 0.3 is 0 Å². The Morgan fingerprint density at radius 2 is 1.92 bits per heavy atom. The zero-order valence-corrected chi connectivity index (χ0v) is 24.9. The maximum atomic E-state index is 14.8. The van der Waals surface area contributed by atoms with Crippen molar-refractivity contribution in [3.8, 4) is 11.5 Å². The fourth-order valence-corrected chi connectivity index (χ4v) is 5.18. The van der Waals surface area contributed by atoms with Crippen LogP contribution >= 0.6 is 34.2 Å². The van der Waals surface area contributed by atoms with Gasteiger partial charge in [0, 0.05) is 23.7 Å². The molecule has 1 heterocycles. The molecule has 1 saturated carbocycles. The lowest BCUT2D eigenvalue weighted by Gasteiger charge is -2.28. The van der Waals surface area contributed by atoms with Gasteiger partial charge in [-0.25, -0.2) is 9.11 Å². The number of nitrogens with zero attached hydrogens (tertiary/aromatic N) is 1. The fourth-order valence-electron chi connectivity index (χ4n) is 3.90. The summed E-state index contributed by atoms with van der Waals surface area (Å²) < 4.78 is 51.2. The van der Waals surface area contributed by atoms with Gasteiger partial charge in [-0.1, -0.05) is 17.7 Å². The summed E-state index contributed by atoms with van der Waals surface area (Å²) >= 11 is 8.45. The number of ether oxygens (including phenoxy) is 1. The number of hydrogen-bond donors (Lipinski definition) is 4. The predicted molar refractivity (Wildman–Crippen MR) is 157 cm³/mol. The highest BCUT2D eigenvalue weighted by Crippen LogP contribution is 2.39. The van der Waals surface area contributed by atoms with Crippen molar-refractivity contribution in [2.24, 2.45) is 7.05 Å². The van der Waals surface area contributed by atoms with Gasteiger partial charge in [-0.15, -0.1) is 0 Å². The number of amides is 1. The molecular weight excluding hydrogens is 664 g/mol. The van der Waals surface area contributed by atoms with Crippen LogP contribution in [-0.2, 0) is 17.3 Å². The number of carbonyl (C=O) groups is 1. The van der Waals surface area contributed by atoms with E-state index in [4.69, 9.17) is 16.3 Å². The van der Waals surface area contributed by atoms with Gasteiger partial charge in [-0.2, -0.15) is 8.42 Å². The van der Waals surface area contributed by atoms with Gasteiger partial charge in [0.25, 0.3) is 21.7 Å². The van der Waals surface area contributed by atoms with E-state index in [1.807, 2.05) is 22.6 Å². The smallest absolute Gasteiger partial charge is 0.298 e. The van der Waals surface area contributed by atoms with E-state index in [0.29, 0.717) is 3.57 Å². The molecule has 4 rings (SSSR count). The lowest BCUT2D eigenvalue weighted by atomic mass is 9.93. The molecule has 0 atom stereocenters. The van der Waals surface area contributed by atoms with Crippen molar-refractivity contribution in [2.75, 3.05) is 17.1 Å². The molecule has 39 heavy (non-hydrogen) atoms. The van der Waals surface area contributed by atoms with Gasteiger partial charge < -0.3 is 15.4 Å². The zero-order chi connectivity index (χ0) is 28.5. The molecule has 208 valence electrons. The van der Waals surface area contributed by atoms with Crippen molar-refractivity contribution in [3.63, 3.8) is 0 Å². The first-order valence-corrected chi connectivity index (χ1v) is 14.8. The lowest BCUT2D eigenvalue weighted by Crippen LogP contribution is -2.40. The minimum Gasteiger partial charge on any atom is -0.454 e. The van der Waals surface area contributed by atoms with Gasteiger partial charge in [0.1, 0.15) is 28.0 Å². The van der Waals surface area contributed by atoms with E-state index >= 15 is 0 Å². The van der Waals surface area contributed by atoms with Crippen LogP contribution in [-0.4, -0.2) is 32.0 Å². The molecule has 1 aliphatic carbocycles. The highest BCUT2D eigenvalue weighted by atomic mass is 127. The number of aromatic nitrogens is 1. The maximum Gasteiger partial charge on any atom is 0.298 e. The second-order valence-corrected chi connectivity index (χ2v) is 12.2. The SMILES string of the molecule is CNS(=O)(=O)Nc1cccc(Oc2c(C(=O)NC3CCC3)c(Nc3ccc(I)cc3F)n(C)c(=O)c2C)c1Cl. The molecule has 0 radical (unpaired) electrons. The van der Waals surface area contributed by atoms with E-state index in [1.54, 1.807) is 6.07 Å². The number of benzene rings is 2. The first-order chi connectivity index (χ1) is 18.4. The average Bonchev–Trinajstić information content (AvgIpc) is 2.86. The van der Waals surface area contributed by atoms with Crippen LogP contribution in [0, 0.1) is 16.3 Å². The molecule has 4 N–H and O–H groups in total. The molecule has 2 aromatic carbocycles. The Labute approximate surface area is 243 Å². The van der Waals surface area contributed by atoms with Crippen LogP contribution in [0.15, 0.2) is 41.2 Å². The molecular formula is C25H26ClFIN5O5S. The highest BCUT2D eigenvalue weighted by Gasteiger charge is 2.30. The normalized spacial score (nSPS) is 13.5. The third-order valence-corrected chi connectivity index (χ3v) is 8.39. The van der Waals surface area contributed by atoms with Crippen LogP contribution in [0.5, 0.6) is 11.5 Å². The van der Waals surface area contributed by atoms with Crippen molar-refractivity contribution >= 4 is 67.5 Å². The topological polar surface area (TPSA) is 131 Å². The summed E-state index contributed by atoms with van der Waals surface area (Å²) in [5.74, 6) is -1.19. The predicted octanol–water partition coefficient (Wildman–Crippen LogP) is 4.79. The Balaban J connectivity index is 1.87. The third-order valence-electron chi connectivity index (χ3n) is 6.31. The average molecular weight is 690 g/mol. The Bertz CT molecular complexity index is 1610. The van der Waals surface area contributed by atoms with Crippen LogP contribution in [0.3, 0.4) is 0 Å². The molecule has 1 amide bonds. The summed E-state index contributed by atoms with van der Waals surface area (Å²) in [6.07, 6.45) is 2.59. The van der Waals surface area contributed by atoms with Crippen molar-refractivity contribution < 1.29 is 22.3 Å². The second-order valence-electron chi connectivity index (χ2n) is 8.92. The van der Waals surface area contributed by atoms with Crippen LogP contribution in [0.2, 0.25) is 5.02 Å². The van der Waals surface area contributed by atoms with Crippen LogP contribution in [0.1, 0.15) is 35.2 Å². The van der Waals surface area contributed by atoms with Crippen LogP contribution in [0.4, 0.5) is 21.6 Å². The molecule has 0 spiro atoms. The molecule has 1 aliphatic rings. The van der Waals surface area contributed by atoms with E-state index in [9.17, 15) is 22.4 Å². The number of pyridine rings is 1. The second kappa shape index (κ2) is 11.7. The molecule has 1 fully saturated rings. The van der Waals surface area contributed by atoms with Crippen molar-refractivity contribution in [1.82, 2.24) is 14.6 Å². The molecule has 1 aromatic heterocycles. The number of carbonyl (C=O) groups excluding carboxylic acids is 1. The molecule has 0 bridgehead atoms. The molecule has 0 unspecified atom stereocenters. The molecule has 3 aromatic rings. The van der Waals surface area contributed by atoms with E-state index in [-0.39, 0.29) is 50.9 Å². The Hall–Kier alpha value is -2.88. The molecule has 0 aliphatic heterocycles. The van der Waals surface area contributed by atoms with Gasteiger partial charge in [-0.3, -0.25) is 18.9 Å². The Morgan fingerprint density at radius 1 is 1.21 bits per heavy atom. The number of hydrogen-bond acceptors (Lipinski definition) is 6. The Morgan fingerprint density at radius 3 is 2.54 bits per heavy atom. The van der Waals surface area contributed by atoms with Gasteiger partial charge in [0.2, 0.25) is 0 Å². The zero-order valence-electron chi connectivity index (χ0n) is 21.2. The largest absolute Gasteiger partial charge is 0.454 e.